The second-order valence-corrected chi connectivity index (χ2v) is 5.76. The fourth-order valence-electron chi connectivity index (χ4n) is 2.17. The van der Waals surface area contributed by atoms with E-state index in [0.717, 1.165) is 23.9 Å². The van der Waals surface area contributed by atoms with Gasteiger partial charge in [-0.15, -0.1) is 0 Å². The number of hydrogen-bond acceptors (Lipinski definition) is 1. The van der Waals surface area contributed by atoms with Crippen molar-refractivity contribution in [2.24, 2.45) is 5.92 Å². The van der Waals surface area contributed by atoms with Gasteiger partial charge in [0.25, 0.3) is 0 Å². The number of hydrogen-bond donors (Lipinski definition) is 1. The summed E-state index contributed by atoms with van der Waals surface area (Å²) in [6, 6.07) is 8.60. The van der Waals surface area contributed by atoms with Crippen LogP contribution in [0.1, 0.15) is 58.1 Å². The highest BCUT2D eigenvalue weighted by Crippen LogP contribution is 2.27. The van der Waals surface area contributed by atoms with Crippen LogP contribution in [-0.4, -0.2) is 6.54 Å². The minimum Gasteiger partial charge on any atom is -0.310 e. The lowest BCUT2D eigenvalue weighted by Gasteiger charge is -2.20. The van der Waals surface area contributed by atoms with Crippen LogP contribution in [0.3, 0.4) is 0 Å². The van der Waals surface area contributed by atoms with E-state index < -0.39 is 0 Å². The first-order chi connectivity index (χ1) is 8.65. The summed E-state index contributed by atoms with van der Waals surface area (Å²) in [5.74, 6) is 0.781. The largest absolute Gasteiger partial charge is 0.310 e. The first-order valence-corrected chi connectivity index (χ1v) is 7.50. The van der Waals surface area contributed by atoms with E-state index in [9.17, 15) is 0 Å². The molecule has 1 unspecified atom stereocenters. The molecule has 0 spiro atoms. The molecule has 0 aromatic heterocycles. The Morgan fingerprint density at radius 2 is 1.89 bits per heavy atom. The molecular formula is C16H26ClN. The molecule has 1 nitrogen and oxygen atoms in total. The minimum absolute atomic E-state index is 0.400. The van der Waals surface area contributed by atoms with Gasteiger partial charge < -0.3 is 5.32 Å². The molecule has 0 aliphatic heterocycles. The highest BCUT2D eigenvalue weighted by atomic mass is 35.5. The predicted molar refractivity (Wildman–Crippen MR) is 81.2 cm³/mol. The first kappa shape index (κ1) is 15.5. The van der Waals surface area contributed by atoms with Gasteiger partial charge in [0.05, 0.1) is 0 Å². The van der Waals surface area contributed by atoms with E-state index >= 15 is 0 Å². The summed E-state index contributed by atoms with van der Waals surface area (Å²) in [6.07, 6.45) is 4.87. The zero-order chi connectivity index (χ0) is 13.4. The summed E-state index contributed by atoms with van der Waals surface area (Å²) in [5.41, 5.74) is 1.25. The molecule has 0 aliphatic carbocycles. The average molecular weight is 268 g/mol. The van der Waals surface area contributed by atoms with Gasteiger partial charge in [-0.05, 0) is 36.9 Å². The maximum atomic E-state index is 6.30. The van der Waals surface area contributed by atoms with Crippen molar-refractivity contribution in [3.8, 4) is 0 Å². The number of benzene rings is 1. The van der Waals surface area contributed by atoms with Gasteiger partial charge in [-0.2, -0.15) is 0 Å². The van der Waals surface area contributed by atoms with E-state index in [0.29, 0.717) is 6.04 Å². The summed E-state index contributed by atoms with van der Waals surface area (Å²) in [5, 5.41) is 4.50. The average Bonchev–Trinajstić information content (AvgIpc) is 2.34. The molecule has 0 fully saturated rings. The van der Waals surface area contributed by atoms with Crippen LogP contribution >= 0.6 is 11.6 Å². The van der Waals surface area contributed by atoms with E-state index in [-0.39, 0.29) is 0 Å². The van der Waals surface area contributed by atoms with Crippen molar-refractivity contribution in [1.29, 1.82) is 0 Å². The molecular weight excluding hydrogens is 242 g/mol. The Bertz CT molecular complexity index is 336. The van der Waals surface area contributed by atoms with Gasteiger partial charge in [0.1, 0.15) is 0 Å². The Hall–Kier alpha value is -0.530. The Labute approximate surface area is 117 Å². The van der Waals surface area contributed by atoms with Crippen molar-refractivity contribution in [2.75, 3.05) is 6.54 Å². The van der Waals surface area contributed by atoms with Crippen LogP contribution < -0.4 is 5.32 Å². The van der Waals surface area contributed by atoms with Crippen LogP contribution in [-0.2, 0) is 0 Å². The quantitative estimate of drug-likeness (QED) is 0.682. The number of halogens is 1. The molecule has 1 aromatic rings. The summed E-state index contributed by atoms with van der Waals surface area (Å²) in [7, 11) is 0. The molecule has 0 bridgehead atoms. The lowest BCUT2D eigenvalue weighted by Crippen LogP contribution is -2.22. The van der Waals surface area contributed by atoms with E-state index in [4.69, 9.17) is 11.6 Å². The van der Waals surface area contributed by atoms with Crippen LogP contribution in [0.2, 0.25) is 5.02 Å². The first-order valence-electron chi connectivity index (χ1n) is 7.13. The Balaban J connectivity index is 2.62. The van der Waals surface area contributed by atoms with Gasteiger partial charge in [-0.25, -0.2) is 0 Å². The van der Waals surface area contributed by atoms with Crippen LogP contribution in [0, 0.1) is 5.92 Å². The summed E-state index contributed by atoms with van der Waals surface area (Å²) in [4.78, 5) is 0. The fraction of sp³-hybridized carbons (Fsp3) is 0.625. The predicted octanol–water partition coefficient (Wildman–Crippen LogP) is 5.21. The molecule has 1 rings (SSSR count). The van der Waals surface area contributed by atoms with Crippen molar-refractivity contribution in [3.05, 3.63) is 34.9 Å². The second-order valence-electron chi connectivity index (χ2n) is 5.35. The molecule has 1 atom stereocenters. The summed E-state index contributed by atoms with van der Waals surface area (Å²) < 4.78 is 0. The summed E-state index contributed by atoms with van der Waals surface area (Å²) in [6.45, 7) is 7.82. The van der Waals surface area contributed by atoms with Crippen LogP contribution in [0.25, 0.3) is 0 Å². The Kier molecular flexibility index (Phi) is 7.38. The summed E-state index contributed by atoms with van der Waals surface area (Å²) >= 11 is 6.30. The van der Waals surface area contributed by atoms with Crippen LogP contribution in [0.5, 0.6) is 0 Å². The fourth-order valence-corrected chi connectivity index (χ4v) is 2.44. The molecule has 0 amide bonds. The molecule has 0 aliphatic rings. The molecule has 0 radical (unpaired) electrons. The molecule has 1 aromatic carbocycles. The van der Waals surface area contributed by atoms with Gasteiger partial charge in [-0.3, -0.25) is 0 Å². The topological polar surface area (TPSA) is 12.0 Å². The maximum absolute atomic E-state index is 6.30. The molecule has 0 saturated heterocycles. The van der Waals surface area contributed by atoms with Crippen molar-refractivity contribution >= 4 is 11.6 Å². The molecule has 1 N–H and O–H groups in total. The van der Waals surface area contributed by atoms with E-state index in [1.54, 1.807) is 0 Å². The normalized spacial score (nSPS) is 12.9. The monoisotopic (exact) mass is 267 g/mol. The third-order valence-electron chi connectivity index (χ3n) is 3.20. The van der Waals surface area contributed by atoms with Gasteiger partial charge in [-0.1, -0.05) is 63.4 Å². The van der Waals surface area contributed by atoms with Crippen LogP contribution in [0.4, 0.5) is 0 Å². The zero-order valence-corrected chi connectivity index (χ0v) is 12.6. The standard InChI is InChI=1S/C16H26ClN/c1-4-12-18-16(11-7-8-13(2)3)14-9-5-6-10-15(14)17/h5-6,9-10,13,16,18H,4,7-8,11-12H2,1-3H3. The Morgan fingerprint density at radius 1 is 1.17 bits per heavy atom. The third kappa shape index (κ3) is 5.41. The van der Waals surface area contributed by atoms with Crippen molar-refractivity contribution in [3.63, 3.8) is 0 Å². The van der Waals surface area contributed by atoms with E-state index in [2.05, 4.69) is 38.2 Å². The minimum atomic E-state index is 0.400. The lowest BCUT2D eigenvalue weighted by molar-refractivity contribution is 0.448. The zero-order valence-electron chi connectivity index (χ0n) is 11.9. The smallest absolute Gasteiger partial charge is 0.0453 e. The van der Waals surface area contributed by atoms with Gasteiger partial charge >= 0.3 is 0 Å². The van der Waals surface area contributed by atoms with Gasteiger partial charge in [0.2, 0.25) is 0 Å². The van der Waals surface area contributed by atoms with Gasteiger partial charge in [0.15, 0.2) is 0 Å². The van der Waals surface area contributed by atoms with E-state index in [1.165, 1.54) is 24.8 Å². The molecule has 0 saturated carbocycles. The maximum Gasteiger partial charge on any atom is 0.0453 e. The van der Waals surface area contributed by atoms with Crippen LogP contribution in [0.15, 0.2) is 24.3 Å². The molecule has 2 heteroatoms. The third-order valence-corrected chi connectivity index (χ3v) is 3.54. The SMILES string of the molecule is CCCNC(CCCC(C)C)c1ccccc1Cl. The van der Waals surface area contributed by atoms with E-state index in [1.807, 2.05) is 12.1 Å². The molecule has 102 valence electrons. The van der Waals surface area contributed by atoms with Gasteiger partial charge in [0, 0.05) is 11.1 Å². The second kappa shape index (κ2) is 8.55. The Morgan fingerprint density at radius 3 is 2.50 bits per heavy atom. The van der Waals surface area contributed by atoms with Crippen molar-refractivity contribution in [2.45, 2.75) is 52.5 Å². The van der Waals surface area contributed by atoms with Crippen molar-refractivity contribution < 1.29 is 0 Å². The highest BCUT2D eigenvalue weighted by molar-refractivity contribution is 6.31. The molecule has 18 heavy (non-hydrogen) atoms. The molecule has 0 heterocycles. The highest BCUT2D eigenvalue weighted by Gasteiger charge is 2.13. The number of nitrogens with one attached hydrogen (secondary N) is 1. The lowest BCUT2D eigenvalue weighted by atomic mass is 9.98. The van der Waals surface area contributed by atoms with Crippen molar-refractivity contribution in [1.82, 2.24) is 5.32 Å². The number of rotatable bonds is 8.